The van der Waals surface area contributed by atoms with Gasteiger partial charge < -0.3 is 0 Å². The van der Waals surface area contributed by atoms with Crippen LogP contribution in [0.4, 0.5) is 0 Å². The number of nitrogens with zero attached hydrogens (tertiary/aromatic N) is 1. The van der Waals surface area contributed by atoms with Gasteiger partial charge in [0.15, 0.2) is 0 Å². The molecule has 1 aliphatic rings. The van der Waals surface area contributed by atoms with Crippen LogP contribution in [-0.2, 0) is 13.0 Å². The molecule has 0 fully saturated rings. The number of hydrogen-bond acceptors (Lipinski definition) is 2. The fourth-order valence-electron chi connectivity index (χ4n) is 1.58. The monoisotopic (exact) mass is 167 g/mol. The van der Waals surface area contributed by atoms with Gasteiger partial charge in [-0.25, -0.2) is 0 Å². The summed E-state index contributed by atoms with van der Waals surface area (Å²) in [6, 6.07) is 2.27. The molecule has 0 N–H and O–H groups in total. The Morgan fingerprint density at radius 1 is 1.64 bits per heavy atom. The highest BCUT2D eigenvalue weighted by molar-refractivity contribution is 7.10. The number of thiophene rings is 1. The van der Waals surface area contributed by atoms with Crippen LogP contribution < -0.4 is 0 Å². The highest BCUT2D eigenvalue weighted by atomic mass is 32.1. The van der Waals surface area contributed by atoms with Crippen molar-refractivity contribution >= 4 is 11.3 Å². The lowest BCUT2D eigenvalue weighted by atomic mass is 10.1. The number of rotatable bonds is 1. The third-order valence-corrected chi connectivity index (χ3v) is 3.36. The van der Waals surface area contributed by atoms with Crippen molar-refractivity contribution in [1.29, 1.82) is 0 Å². The molecule has 0 bridgehead atoms. The molecule has 0 unspecified atom stereocenters. The Labute approximate surface area is 71.7 Å². The van der Waals surface area contributed by atoms with Crippen molar-refractivity contribution in [3.8, 4) is 0 Å². The van der Waals surface area contributed by atoms with Crippen LogP contribution >= 0.6 is 11.3 Å². The smallest absolute Gasteiger partial charge is 0.0244 e. The first kappa shape index (κ1) is 7.32. The zero-order chi connectivity index (χ0) is 7.68. The molecule has 1 aromatic rings. The molecule has 0 atom stereocenters. The zero-order valence-electron chi connectivity index (χ0n) is 6.84. The third-order valence-electron chi connectivity index (χ3n) is 2.33. The Balaban J connectivity index is 2.18. The van der Waals surface area contributed by atoms with E-state index < -0.39 is 0 Å². The predicted molar refractivity (Wildman–Crippen MR) is 49.0 cm³/mol. The Bertz CT molecular complexity index is 241. The van der Waals surface area contributed by atoms with Crippen molar-refractivity contribution < 1.29 is 0 Å². The van der Waals surface area contributed by atoms with E-state index >= 15 is 0 Å². The topological polar surface area (TPSA) is 3.24 Å². The normalized spacial score (nSPS) is 18.3. The fourth-order valence-corrected chi connectivity index (χ4v) is 2.47. The van der Waals surface area contributed by atoms with E-state index in [1.165, 1.54) is 26.1 Å². The fraction of sp³-hybridized carbons (Fsp3) is 0.556. The van der Waals surface area contributed by atoms with Crippen molar-refractivity contribution in [2.24, 2.45) is 0 Å². The van der Waals surface area contributed by atoms with Gasteiger partial charge in [-0.2, -0.15) is 0 Å². The number of likely N-dealkylation sites (N-methyl/N-ethyl adjacent to an activating group) is 1. The van der Waals surface area contributed by atoms with Gasteiger partial charge in [0.25, 0.3) is 0 Å². The van der Waals surface area contributed by atoms with E-state index in [9.17, 15) is 0 Å². The maximum absolute atomic E-state index is 2.50. The summed E-state index contributed by atoms with van der Waals surface area (Å²) < 4.78 is 0. The molecule has 1 nitrogen and oxygen atoms in total. The van der Waals surface area contributed by atoms with Gasteiger partial charge in [0.1, 0.15) is 0 Å². The minimum Gasteiger partial charge on any atom is -0.299 e. The van der Waals surface area contributed by atoms with Crippen LogP contribution in [0, 0.1) is 0 Å². The molecular formula is C9H13NS. The van der Waals surface area contributed by atoms with E-state index in [2.05, 4.69) is 23.3 Å². The second-order valence-corrected chi connectivity index (χ2v) is 3.99. The standard InChI is InChI=1S/C9H13NS/c1-2-10-5-3-9-8(7-10)4-6-11-9/h4,6H,2-3,5,7H2,1H3. The average molecular weight is 167 g/mol. The lowest BCUT2D eigenvalue weighted by molar-refractivity contribution is 0.270. The SMILES string of the molecule is CCN1CCc2sccc2C1. The van der Waals surface area contributed by atoms with Crippen LogP contribution in [0.2, 0.25) is 0 Å². The highest BCUT2D eigenvalue weighted by Gasteiger charge is 2.14. The van der Waals surface area contributed by atoms with Crippen LogP contribution in [0.3, 0.4) is 0 Å². The first-order valence-electron chi connectivity index (χ1n) is 4.17. The molecular weight excluding hydrogens is 154 g/mol. The minimum absolute atomic E-state index is 1.18. The number of fused-ring (bicyclic) bond motifs is 1. The van der Waals surface area contributed by atoms with E-state index in [4.69, 9.17) is 0 Å². The molecule has 0 aromatic carbocycles. The molecule has 0 spiro atoms. The molecule has 0 radical (unpaired) electrons. The molecule has 60 valence electrons. The van der Waals surface area contributed by atoms with Crippen LogP contribution in [0.25, 0.3) is 0 Å². The average Bonchev–Trinajstić information content (AvgIpc) is 2.50. The first-order chi connectivity index (χ1) is 5.40. The third kappa shape index (κ3) is 1.33. The molecule has 1 aromatic heterocycles. The Hall–Kier alpha value is -0.340. The zero-order valence-corrected chi connectivity index (χ0v) is 7.66. The van der Waals surface area contributed by atoms with Crippen molar-refractivity contribution in [2.75, 3.05) is 13.1 Å². The molecule has 2 rings (SSSR count). The number of hydrogen-bond donors (Lipinski definition) is 0. The van der Waals surface area contributed by atoms with E-state index in [1.54, 1.807) is 10.4 Å². The van der Waals surface area contributed by atoms with Crippen molar-refractivity contribution in [1.82, 2.24) is 4.90 Å². The second kappa shape index (κ2) is 2.95. The summed E-state index contributed by atoms with van der Waals surface area (Å²) in [5.41, 5.74) is 1.56. The molecule has 11 heavy (non-hydrogen) atoms. The molecule has 1 aliphatic heterocycles. The Morgan fingerprint density at radius 3 is 3.36 bits per heavy atom. The van der Waals surface area contributed by atoms with Crippen LogP contribution in [0.1, 0.15) is 17.4 Å². The predicted octanol–water partition coefficient (Wildman–Crippen LogP) is 2.13. The second-order valence-electron chi connectivity index (χ2n) is 2.99. The van der Waals surface area contributed by atoms with Crippen molar-refractivity contribution in [3.05, 3.63) is 21.9 Å². The summed E-state index contributed by atoms with van der Waals surface area (Å²) in [4.78, 5) is 4.10. The molecule has 0 saturated heterocycles. The summed E-state index contributed by atoms with van der Waals surface area (Å²) in [7, 11) is 0. The van der Waals surface area contributed by atoms with Gasteiger partial charge in [-0.15, -0.1) is 11.3 Å². The van der Waals surface area contributed by atoms with E-state index in [1.807, 2.05) is 11.3 Å². The quantitative estimate of drug-likeness (QED) is 0.619. The van der Waals surface area contributed by atoms with Crippen molar-refractivity contribution in [2.45, 2.75) is 19.9 Å². The van der Waals surface area contributed by atoms with Gasteiger partial charge in [-0.3, -0.25) is 4.90 Å². The van der Waals surface area contributed by atoms with Gasteiger partial charge in [0.05, 0.1) is 0 Å². The molecule has 0 amide bonds. The lowest BCUT2D eigenvalue weighted by Crippen LogP contribution is -2.29. The van der Waals surface area contributed by atoms with Gasteiger partial charge in [-0.1, -0.05) is 6.92 Å². The van der Waals surface area contributed by atoms with E-state index in [0.29, 0.717) is 0 Å². The summed E-state index contributed by atoms with van der Waals surface area (Å²) in [5.74, 6) is 0. The molecule has 2 heteroatoms. The van der Waals surface area contributed by atoms with Gasteiger partial charge in [-0.05, 0) is 30.0 Å². The maximum Gasteiger partial charge on any atom is 0.0244 e. The van der Waals surface area contributed by atoms with E-state index in [0.717, 1.165) is 0 Å². The maximum atomic E-state index is 2.50. The van der Waals surface area contributed by atoms with Gasteiger partial charge in [0.2, 0.25) is 0 Å². The molecule has 0 aliphatic carbocycles. The minimum atomic E-state index is 1.18. The van der Waals surface area contributed by atoms with E-state index in [-0.39, 0.29) is 0 Å². The van der Waals surface area contributed by atoms with Crippen molar-refractivity contribution in [3.63, 3.8) is 0 Å². The van der Waals surface area contributed by atoms with Gasteiger partial charge >= 0.3 is 0 Å². The van der Waals surface area contributed by atoms with Crippen LogP contribution in [0.15, 0.2) is 11.4 Å². The first-order valence-corrected chi connectivity index (χ1v) is 5.05. The van der Waals surface area contributed by atoms with Crippen LogP contribution in [0.5, 0.6) is 0 Å². The summed E-state index contributed by atoms with van der Waals surface area (Å²) >= 11 is 1.91. The van der Waals surface area contributed by atoms with Crippen LogP contribution in [-0.4, -0.2) is 18.0 Å². The highest BCUT2D eigenvalue weighted by Crippen LogP contribution is 2.23. The lowest BCUT2D eigenvalue weighted by Gasteiger charge is -2.24. The largest absolute Gasteiger partial charge is 0.299 e. The van der Waals surface area contributed by atoms with Gasteiger partial charge in [0, 0.05) is 18.0 Å². The summed E-state index contributed by atoms with van der Waals surface area (Å²) in [5, 5.41) is 2.21. The molecule has 0 saturated carbocycles. The Kier molecular flexibility index (Phi) is 1.96. The molecule has 2 heterocycles. The summed E-state index contributed by atoms with van der Waals surface area (Å²) in [6.45, 7) is 5.85. The summed E-state index contributed by atoms with van der Waals surface area (Å²) in [6.07, 6.45) is 1.26. The Morgan fingerprint density at radius 2 is 2.55 bits per heavy atom.